The van der Waals surface area contributed by atoms with E-state index in [1.165, 1.54) is 11.3 Å². The molecule has 6 heteroatoms. The van der Waals surface area contributed by atoms with Crippen molar-refractivity contribution in [3.63, 3.8) is 0 Å². The van der Waals surface area contributed by atoms with Crippen LogP contribution in [0.2, 0.25) is 5.02 Å². The Morgan fingerprint density at radius 3 is 2.67 bits per heavy atom. The number of nitrogens with one attached hydrogen (secondary N) is 1. The van der Waals surface area contributed by atoms with Crippen LogP contribution in [0.5, 0.6) is 11.5 Å². The lowest BCUT2D eigenvalue weighted by Gasteiger charge is -2.49. The number of amides is 1. The van der Waals surface area contributed by atoms with E-state index >= 15 is 0 Å². The van der Waals surface area contributed by atoms with E-state index in [0.29, 0.717) is 42.7 Å². The molecule has 36 heavy (non-hydrogen) atoms. The molecule has 1 atom stereocenters. The third-order valence-corrected chi connectivity index (χ3v) is 7.44. The average Bonchev–Trinajstić information content (AvgIpc) is 3.06. The van der Waals surface area contributed by atoms with Crippen molar-refractivity contribution in [2.24, 2.45) is 0 Å². The summed E-state index contributed by atoms with van der Waals surface area (Å²) in [4.78, 5) is 15.0. The summed E-state index contributed by atoms with van der Waals surface area (Å²) >= 11 is 6.11. The Labute approximate surface area is 217 Å². The minimum atomic E-state index is -0.653. The third-order valence-electron chi connectivity index (χ3n) is 7.21. The summed E-state index contributed by atoms with van der Waals surface area (Å²) in [5, 5.41) is 4.01. The van der Waals surface area contributed by atoms with Gasteiger partial charge in [-0.15, -0.1) is 0 Å². The molecule has 0 bridgehead atoms. The predicted molar refractivity (Wildman–Crippen MR) is 145 cm³/mol. The molecule has 0 spiro atoms. The molecule has 2 aliphatic rings. The molecule has 0 aromatic heterocycles. The molecule has 2 aliphatic heterocycles. The minimum absolute atomic E-state index is 0.0662. The number of ether oxygens (including phenoxy) is 2. The van der Waals surface area contributed by atoms with E-state index in [1.54, 1.807) is 0 Å². The van der Waals surface area contributed by atoms with Crippen LogP contribution in [0.15, 0.2) is 72.8 Å². The first-order chi connectivity index (χ1) is 17.3. The zero-order valence-corrected chi connectivity index (χ0v) is 21.6. The Kier molecular flexibility index (Phi) is 6.44. The maximum absolute atomic E-state index is 12.6. The number of carbonyl (C=O) groups excluding carboxylic acids is 1. The molecule has 1 fully saturated rings. The van der Waals surface area contributed by atoms with Gasteiger partial charge in [0.15, 0.2) is 11.5 Å². The second-order valence-corrected chi connectivity index (χ2v) is 10.2. The van der Waals surface area contributed by atoms with Crippen LogP contribution in [0.25, 0.3) is 6.08 Å². The van der Waals surface area contributed by atoms with E-state index in [1.807, 2.05) is 49.4 Å². The van der Waals surface area contributed by atoms with E-state index in [-0.39, 0.29) is 11.3 Å². The first-order valence-electron chi connectivity index (χ1n) is 12.4. The monoisotopic (exact) mass is 502 g/mol. The molecule has 3 aromatic rings. The zero-order valence-electron chi connectivity index (χ0n) is 20.9. The molecular formula is C30H31ClN2O3. The van der Waals surface area contributed by atoms with Gasteiger partial charge in [0.1, 0.15) is 12.3 Å². The maximum Gasteiger partial charge on any atom is 0.223 e. The van der Waals surface area contributed by atoms with Gasteiger partial charge in [-0.1, -0.05) is 67.9 Å². The first-order valence-corrected chi connectivity index (χ1v) is 12.7. The fraction of sp³-hybridized carbons (Fsp3) is 0.300. The molecule has 0 radical (unpaired) electrons. The van der Waals surface area contributed by atoms with Gasteiger partial charge in [-0.3, -0.25) is 4.79 Å². The summed E-state index contributed by atoms with van der Waals surface area (Å²) in [6.45, 7) is 7.94. The normalized spacial score (nSPS) is 20.1. The number of rotatable bonds is 7. The van der Waals surface area contributed by atoms with Crippen molar-refractivity contribution in [2.75, 3.05) is 18.1 Å². The number of benzene rings is 3. The molecule has 1 amide bonds. The minimum Gasteiger partial charge on any atom is -0.490 e. The van der Waals surface area contributed by atoms with Crippen molar-refractivity contribution in [3.8, 4) is 11.5 Å². The highest BCUT2D eigenvalue weighted by Crippen LogP contribution is 2.52. The fourth-order valence-electron chi connectivity index (χ4n) is 5.34. The van der Waals surface area contributed by atoms with E-state index in [0.717, 1.165) is 11.1 Å². The molecule has 5 nitrogen and oxygen atoms in total. The van der Waals surface area contributed by atoms with Gasteiger partial charge in [0.25, 0.3) is 0 Å². The van der Waals surface area contributed by atoms with Crippen molar-refractivity contribution in [2.45, 2.75) is 44.9 Å². The van der Waals surface area contributed by atoms with Gasteiger partial charge in [-0.25, -0.2) is 0 Å². The zero-order chi connectivity index (χ0) is 25.3. The topological polar surface area (TPSA) is 50.8 Å². The van der Waals surface area contributed by atoms with Gasteiger partial charge in [0, 0.05) is 29.1 Å². The van der Waals surface area contributed by atoms with Crippen molar-refractivity contribution in [1.29, 1.82) is 0 Å². The van der Waals surface area contributed by atoms with Crippen LogP contribution in [0.3, 0.4) is 0 Å². The quantitative estimate of drug-likeness (QED) is 0.409. The standard InChI is InChI=1S/C30H31ClN2O3/c1-4-35-27-19-21(12-13-26(27)36-20-22-8-7-9-23(31)18-22)14-16-30-29(2,3)24-10-5-6-11-25(24)33(30)17-15-28(34)32-30/h5-14,16,18-19H,4,15,17,20H2,1-3H3,(H,32,34)/b16-14+. The van der Waals surface area contributed by atoms with Gasteiger partial charge < -0.3 is 19.7 Å². The highest BCUT2D eigenvalue weighted by Gasteiger charge is 2.57. The summed E-state index contributed by atoms with van der Waals surface area (Å²) in [5.74, 6) is 1.42. The third kappa shape index (κ3) is 4.22. The van der Waals surface area contributed by atoms with Gasteiger partial charge in [-0.2, -0.15) is 0 Å². The van der Waals surface area contributed by atoms with E-state index in [9.17, 15) is 4.79 Å². The Bertz CT molecular complexity index is 1320. The number of hydrogen-bond donors (Lipinski definition) is 1. The second-order valence-electron chi connectivity index (χ2n) is 9.75. The number of carbonyl (C=O) groups is 1. The Morgan fingerprint density at radius 1 is 1.03 bits per heavy atom. The van der Waals surface area contributed by atoms with E-state index in [4.69, 9.17) is 21.1 Å². The Balaban J connectivity index is 1.45. The van der Waals surface area contributed by atoms with Gasteiger partial charge >= 0.3 is 0 Å². The van der Waals surface area contributed by atoms with Crippen LogP contribution in [0, 0.1) is 0 Å². The SMILES string of the molecule is CCOc1cc(/C=C/C23NC(=O)CCN2c2ccccc2C3(C)C)ccc1OCc1cccc(Cl)c1. The Hall–Kier alpha value is -3.44. The molecule has 2 heterocycles. The number of fused-ring (bicyclic) bond motifs is 3. The molecule has 3 aromatic carbocycles. The Morgan fingerprint density at radius 2 is 1.86 bits per heavy atom. The lowest BCUT2D eigenvalue weighted by atomic mass is 9.74. The smallest absolute Gasteiger partial charge is 0.223 e. The lowest BCUT2D eigenvalue weighted by molar-refractivity contribution is -0.124. The molecule has 1 N–H and O–H groups in total. The maximum atomic E-state index is 12.6. The molecule has 5 rings (SSSR count). The van der Waals surface area contributed by atoms with Gasteiger partial charge in [0.2, 0.25) is 5.91 Å². The largest absolute Gasteiger partial charge is 0.490 e. The van der Waals surface area contributed by atoms with Gasteiger partial charge in [-0.05, 0) is 60.0 Å². The molecule has 1 saturated heterocycles. The van der Waals surface area contributed by atoms with Gasteiger partial charge in [0.05, 0.1) is 6.61 Å². The van der Waals surface area contributed by atoms with Crippen LogP contribution < -0.4 is 19.7 Å². The summed E-state index contributed by atoms with van der Waals surface area (Å²) in [6, 6.07) is 22.0. The van der Waals surface area contributed by atoms with Crippen LogP contribution in [0.4, 0.5) is 5.69 Å². The highest BCUT2D eigenvalue weighted by atomic mass is 35.5. The number of hydrogen-bond acceptors (Lipinski definition) is 4. The summed E-state index contributed by atoms with van der Waals surface area (Å²) < 4.78 is 12.0. The van der Waals surface area contributed by atoms with Crippen LogP contribution in [-0.2, 0) is 16.8 Å². The van der Waals surface area contributed by atoms with Crippen molar-refractivity contribution < 1.29 is 14.3 Å². The summed E-state index contributed by atoms with van der Waals surface area (Å²) in [7, 11) is 0. The van der Waals surface area contributed by atoms with E-state index in [2.05, 4.69) is 60.5 Å². The van der Waals surface area contributed by atoms with Crippen LogP contribution >= 0.6 is 11.6 Å². The lowest BCUT2D eigenvalue weighted by Crippen LogP contribution is -2.68. The molecule has 1 unspecified atom stereocenters. The number of halogens is 1. The second kappa shape index (κ2) is 9.55. The summed E-state index contributed by atoms with van der Waals surface area (Å²) in [6.07, 6.45) is 4.67. The van der Waals surface area contributed by atoms with Crippen LogP contribution in [-0.4, -0.2) is 24.7 Å². The van der Waals surface area contributed by atoms with Crippen LogP contribution in [0.1, 0.15) is 43.9 Å². The first kappa shape index (κ1) is 24.3. The summed E-state index contributed by atoms with van der Waals surface area (Å²) in [5.41, 5.74) is 3.39. The molecule has 0 saturated carbocycles. The van der Waals surface area contributed by atoms with E-state index < -0.39 is 5.66 Å². The molecule has 186 valence electrons. The van der Waals surface area contributed by atoms with Crippen molar-refractivity contribution in [1.82, 2.24) is 5.32 Å². The number of anilines is 1. The number of nitrogens with zero attached hydrogens (tertiary/aromatic N) is 1. The van der Waals surface area contributed by atoms with Crippen molar-refractivity contribution in [3.05, 3.63) is 94.5 Å². The average molecular weight is 503 g/mol. The predicted octanol–water partition coefficient (Wildman–Crippen LogP) is 6.34. The molecule has 0 aliphatic carbocycles. The highest BCUT2D eigenvalue weighted by molar-refractivity contribution is 6.30. The van der Waals surface area contributed by atoms with Crippen molar-refractivity contribution >= 4 is 29.3 Å². The molecular weight excluding hydrogens is 472 g/mol. The fourth-order valence-corrected chi connectivity index (χ4v) is 5.55. The number of para-hydroxylation sites is 1.